The fourth-order valence-electron chi connectivity index (χ4n) is 10.4. The zero-order chi connectivity index (χ0) is 36.9. The van der Waals surface area contributed by atoms with Gasteiger partial charge in [-0.2, -0.15) is 15.1 Å². The Hall–Kier alpha value is -3.66. The van der Waals surface area contributed by atoms with Gasteiger partial charge in [0.05, 0.1) is 56.7 Å². The molecule has 2 N–H and O–H groups in total. The lowest BCUT2D eigenvalue weighted by Gasteiger charge is -2.60. The van der Waals surface area contributed by atoms with Crippen LogP contribution in [0.4, 0.5) is 10.2 Å². The van der Waals surface area contributed by atoms with Crippen LogP contribution in [-0.4, -0.2) is 119 Å². The van der Waals surface area contributed by atoms with Gasteiger partial charge in [0.15, 0.2) is 15.7 Å². The molecule has 13 nitrogen and oxygen atoms in total. The summed E-state index contributed by atoms with van der Waals surface area (Å²) in [5.74, 6) is 0.564. The Morgan fingerprint density at radius 1 is 1.13 bits per heavy atom. The number of methoxy groups -OCH3 is 1. The number of fused-ring (bicyclic) bond motifs is 3. The maximum atomic E-state index is 17.3. The van der Waals surface area contributed by atoms with E-state index in [0.717, 1.165) is 73.5 Å². The minimum absolute atomic E-state index is 0.0176. The SMILES string of the molecule is COc1nc(-c2c(C)c(C)cc3[nH]ncc23)c(F)c2nc(OC[C@]34CCC[C@H]3N(C3CC5(C3)CS(=O)(=O)C5)CCC4)nc(N3CCOC[C@@](C)(O)C3)c12. The van der Waals surface area contributed by atoms with Crippen molar-refractivity contribution >= 4 is 37.5 Å². The number of piperidine rings is 1. The van der Waals surface area contributed by atoms with Crippen LogP contribution in [-0.2, 0) is 14.6 Å². The molecule has 53 heavy (non-hydrogen) atoms. The molecule has 3 aliphatic heterocycles. The van der Waals surface area contributed by atoms with Crippen LogP contribution in [0.15, 0.2) is 12.3 Å². The molecule has 15 heteroatoms. The molecule has 2 saturated carbocycles. The van der Waals surface area contributed by atoms with Crippen molar-refractivity contribution in [3.05, 3.63) is 29.2 Å². The summed E-state index contributed by atoms with van der Waals surface area (Å²) in [5, 5.41) is 19.5. The third-order valence-corrected chi connectivity index (χ3v) is 15.0. The van der Waals surface area contributed by atoms with Crippen molar-refractivity contribution in [2.24, 2.45) is 10.8 Å². The number of likely N-dealkylation sites (tertiary alicyclic amines) is 1. The van der Waals surface area contributed by atoms with Gasteiger partial charge in [-0.25, -0.2) is 17.8 Å². The number of aryl methyl sites for hydroxylation is 1. The third kappa shape index (κ3) is 5.84. The second-order valence-corrected chi connectivity index (χ2v) is 18.9. The lowest BCUT2D eigenvalue weighted by molar-refractivity contribution is -0.0726. The van der Waals surface area contributed by atoms with E-state index >= 15 is 4.39 Å². The van der Waals surface area contributed by atoms with E-state index in [2.05, 4.69) is 15.1 Å². The van der Waals surface area contributed by atoms with Crippen molar-refractivity contribution in [1.29, 1.82) is 0 Å². The van der Waals surface area contributed by atoms with Gasteiger partial charge < -0.3 is 24.2 Å². The Morgan fingerprint density at radius 2 is 1.92 bits per heavy atom. The molecule has 1 aromatic carbocycles. The molecule has 5 aliphatic rings. The van der Waals surface area contributed by atoms with Crippen LogP contribution in [0.25, 0.3) is 33.1 Å². The number of aliphatic hydroxyl groups is 1. The van der Waals surface area contributed by atoms with E-state index in [0.29, 0.717) is 60.1 Å². The first kappa shape index (κ1) is 35.1. The summed E-state index contributed by atoms with van der Waals surface area (Å²) in [6.45, 7) is 8.08. The van der Waals surface area contributed by atoms with Crippen molar-refractivity contribution in [3.8, 4) is 23.1 Å². The summed E-state index contributed by atoms with van der Waals surface area (Å²) in [5.41, 5.74) is 1.99. The lowest BCUT2D eigenvalue weighted by atomic mass is 9.64. The number of halogens is 1. The van der Waals surface area contributed by atoms with Gasteiger partial charge in [0, 0.05) is 40.4 Å². The number of hydrogen-bond donors (Lipinski definition) is 2. The van der Waals surface area contributed by atoms with Crippen molar-refractivity contribution in [3.63, 3.8) is 0 Å². The number of nitrogens with zero attached hydrogens (tertiary/aromatic N) is 6. The number of ether oxygens (including phenoxy) is 3. The summed E-state index contributed by atoms with van der Waals surface area (Å²) in [7, 11) is -1.37. The van der Waals surface area contributed by atoms with E-state index in [9.17, 15) is 13.5 Å². The zero-order valence-corrected chi connectivity index (χ0v) is 31.7. The Labute approximate surface area is 308 Å². The van der Waals surface area contributed by atoms with Gasteiger partial charge in [0.2, 0.25) is 5.88 Å². The van der Waals surface area contributed by atoms with Crippen LogP contribution in [0.1, 0.15) is 63.0 Å². The minimum Gasteiger partial charge on any atom is -0.480 e. The lowest BCUT2D eigenvalue weighted by Crippen LogP contribution is -2.66. The highest BCUT2D eigenvalue weighted by atomic mass is 32.2. The number of aromatic nitrogens is 5. The summed E-state index contributed by atoms with van der Waals surface area (Å²) in [6.07, 6.45) is 8.78. The summed E-state index contributed by atoms with van der Waals surface area (Å²) >= 11 is 0. The van der Waals surface area contributed by atoms with Crippen LogP contribution >= 0.6 is 0 Å². The van der Waals surface area contributed by atoms with E-state index in [4.69, 9.17) is 29.2 Å². The molecular weight excluding hydrogens is 702 g/mol. The molecule has 3 saturated heterocycles. The first-order chi connectivity index (χ1) is 25.3. The topological polar surface area (TPSA) is 156 Å². The average molecular weight is 750 g/mol. The van der Waals surface area contributed by atoms with Gasteiger partial charge in [0.25, 0.3) is 0 Å². The van der Waals surface area contributed by atoms with Gasteiger partial charge in [-0.3, -0.25) is 10.00 Å². The van der Waals surface area contributed by atoms with Crippen molar-refractivity contribution < 1.29 is 32.1 Å². The summed E-state index contributed by atoms with van der Waals surface area (Å²) in [4.78, 5) is 19.0. The number of hydrogen-bond acceptors (Lipinski definition) is 12. The fraction of sp³-hybridized carbons (Fsp3) is 0.632. The minimum atomic E-state index is -2.87. The molecule has 1 spiro atoms. The second kappa shape index (κ2) is 12.4. The highest BCUT2D eigenvalue weighted by molar-refractivity contribution is 7.92. The van der Waals surface area contributed by atoms with Crippen LogP contribution in [0, 0.1) is 30.5 Å². The Morgan fingerprint density at radius 3 is 2.70 bits per heavy atom. The highest BCUT2D eigenvalue weighted by Gasteiger charge is 2.60. The maximum absolute atomic E-state index is 17.3. The fourth-order valence-corrected chi connectivity index (χ4v) is 12.7. The van der Waals surface area contributed by atoms with Crippen LogP contribution in [0.5, 0.6) is 11.9 Å². The molecule has 3 atom stereocenters. The molecule has 2 aliphatic carbocycles. The van der Waals surface area contributed by atoms with Crippen molar-refractivity contribution in [1.82, 2.24) is 30.0 Å². The van der Waals surface area contributed by atoms with Gasteiger partial charge in [0.1, 0.15) is 28.0 Å². The molecule has 0 radical (unpaired) electrons. The van der Waals surface area contributed by atoms with Crippen molar-refractivity contribution in [2.45, 2.75) is 83.4 Å². The number of sulfone groups is 1. The molecule has 0 amide bonds. The highest BCUT2D eigenvalue weighted by Crippen LogP contribution is 2.56. The normalized spacial score (nSPS) is 28.5. The van der Waals surface area contributed by atoms with E-state index < -0.39 is 21.3 Å². The Balaban J connectivity index is 1.11. The number of aromatic amines is 1. The molecule has 4 aromatic rings. The molecule has 284 valence electrons. The predicted octanol–water partition coefficient (Wildman–Crippen LogP) is 4.51. The zero-order valence-electron chi connectivity index (χ0n) is 30.9. The predicted molar refractivity (Wildman–Crippen MR) is 198 cm³/mol. The molecule has 0 bridgehead atoms. The van der Waals surface area contributed by atoms with Crippen molar-refractivity contribution in [2.75, 3.05) is 63.0 Å². The third-order valence-electron chi connectivity index (χ3n) is 12.9. The summed E-state index contributed by atoms with van der Waals surface area (Å²) < 4.78 is 59.5. The van der Waals surface area contributed by atoms with Gasteiger partial charge in [-0.1, -0.05) is 6.42 Å². The largest absolute Gasteiger partial charge is 0.480 e. The first-order valence-electron chi connectivity index (χ1n) is 18.8. The van der Waals surface area contributed by atoms with E-state index in [-0.39, 0.29) is 47.1 Å². The number of pyridine rings is 1. The van der Waals surface area contributed by atoms with E-state index in [1.807, 2.05) is 24.8 Å². The van der Waals surface area contributed by atoms with Gasteiger partial charge >= 0.3 is 6.01 Å². The van der Waals surface area contributed by atoms with Gasteiger partial charge in [-0.15, -0.1) is 0 Å². The van der Waals surface area contributed by atoms with E-state index in [1.54, 1.807) is 13.1 Å². The van der Waals surface area contributed by atoms with Crippen LogP contribution in [0.3, 0.4) is 0 Å². The molecule has 5 fully saturated rings. The number of anilines is 1. The van der Waals surface area contributed by atoms with Crippen LogP contribution in [0.2, 0.25) is 0 Å². The molecule has 9 rings (SSSR count). The standard InChI is InChI=1S/C38H48FN7O6S/c1-22-13-26-25(16-40-44-26)28(23(22)2)31-30(39)32-29(34(41-31)50-4)33(45-11-12-51-18-36(3,47)17-45)43-35(42-32)52-19-38-8-5-7-27(38)46(10-6-9-38)24-14-37(15-24)20-53(48,49)21-37/h13,16,24,27,47H,5-12,14-15,17-21H2,1-4H3,(H,40,44)/t27-,36+,38-/m1/s1. The summed E-state index contributed by atoms with van der Waals surface area (Å²) in [6, 6.07) is 2.76. The smallest absolute Gasteiger partial charge is 0.319 e. The first-order valence-corrected chi connectivity index (χ1v) is 20.7. The Bertz CT molecular complexity index is 2210. The quantitative estimate of drug-likeness (QED) is 0.273. The molecule has 6 heterocycles. The monoisotopic (exact) mass is 749 g/mol. The molecule has 3 aromatic heterocycles. The van der Waals surface area contributed by atoms with Gasteiger partial charge in [-0.05, 0) is 83.0 Å². The average Bonchev–Trinajstić information content (AvgIpc) is 3.70. The number of β-amino-alcohol motifs (C(OH)–C–C–N with tert-alkyl or cyclic N) is 1. The van der Waals surface area contributed by atoms with Crippen LogP contribution < -0.4 is 14.4 Å². The maximum Gasteiger partial charge on any atom is 0.319 e. The molecular formula is C38H48FN7O6S. The Kier molecular flexibility index (Phi) is 8.23. The number of rotatable bonds is 7. The number of H-pyrrole nitrogens is 1. The molecule has 0 unspecified atom stereocenters. The second-order valence-electron chi connectivity index (χ2n) is 16.8. The van der Waals surface area contributed by atoms with E-state index in [1.165, 1.54) is 7.11 Å². The number of benzene rings is 1. The number of nitrogens with one attached hydrogen (secondary N) is 1.